The van der Waals surface area contributed by atoms with Crippen molar-refractivity contribution >= 4 is 44.2 Å². The maximum absolute atomic E-state index is 12.2. The normalized spacial score (nSPS) is 10.8. The summed E-state index contributed by atoms with van der Waals surface area (Å²) in [4.78, 5) is 16.5. The van der Waals surface area contributed by atoms with Crippen LogP contribution in [0.15, 0.2) is 36.4 Å². The zero-order valence-electron chi connectivity index (χ0n) is 11.1. The molecule has 0 spiro atoms. The molecule has 1 aromatic heterocycles. The Balaban J connectivity index is 1.90. The van der Waals surface area contributed by atoms with E-state index in [4.69, 9.17) is 11.6 Å². The summed E-state index contributed by atoms with van der Waals surface area (Å²) in [6, 6.07) is 10.2. The number of carbonyl (C=O) groups is 1. The number of phenols is 1. The summed E-state index contributed by atoms with van der Waals surface area (Å²) in [5.74, 6) is -0.556. The molecule has 0 fully saturated rings. The van der Waals surface area contributed by atoms with E-state index in [0.29, 0.717) is 10.2 Å². The van der Waals surface area contributed by atoms with Crippen molar-refractivity contribution in [2.24, 2.45) is 0 Å². The molecule has 0 unspecified atom stereocenters. The molecule has 4 nitrogen and oxygen atoms in total. The fourth-order valence-electron chi connectivity index (χ4n) is 1.94. The second-order valence-electron chi connectivity index (χ2n) is 4.61. The quantitative estimate of drug-likeness (QED) is 0.743. The summed E-state index contributed by atoms with van der Waals surface area (Å²) in [6.07, 6.45) is 0. The van der Waals surface area contributed by atoms with Gasteiger partial charge in [0, 0.05) is 5.02 Å². The lowest BCUT2D eigenvalue weighted by Gasteiger charge is -2.04. The van der Waals surface area contributed by atoms with Crippen LogP contribution in [0.2, 0.25) is 5.02 Å². The summed E-state index contributed by atoms with van der Waals surface area (Å²) in [5.41, 5.74) is 2.09. The van der Waals surface area contributed by atoms with Crippen molar-refractivity contribution in [2.75, 3.05) is 5.32 Å². The molecule has 0 atom stereocenters. The Labute approximate surface area is 130 Å². The van der Waals surface area contributed by atoms with Gasteiger partial charge in [0.05, 0.1) is 15.8 Å². The number of rotatable bonds is 2. The summed E-state index contributed by atoms with van der Waals surface area (Å²) in [6.45, 7) is 2.00. The first-order chi connectivity index (χ1) is 10.0. The van der Waals surface area contributed by atoms with Gasteiger partial charge in [0.1, 0.15) is 5.75 Å². The largest absolute Gasteiger partial charge is 0.507 e. The highest BCUT2D eigenvalue weighted by molar-refractivity contribution is 7.22. The summed E-state index contributed by atoms with van der Waals surface area (Å²) >= 11 is 7.23. The van der Waals surface area contributed by atoms with Crippen LogP contribution in [0.25, 0.3) is 10.2 Å². The molecule has 3 aromatic rings. The van der Waals surface area contributed by atoms with Crippen LogP contribution in [0, 0.1) is 6.92 Å². The van der Waals surface area contributed by atoms with Gasteiger partial charge in [0.2, 0.25) is 0 Å². The number of nitrogens with zero attached hydrogens (tertiary/aromatic N) is 1. The number of aromatic hydroxyl groups is 1. The zero-order chi connectivity index (χ0) is 15.0. The van der Waals surface area contributed by atoms with Gasteiger partial charge >= 0.3 is 0 Å². The third kappa shape index (κ3) is 2.84. The number of anilines is 1. The van der Waals surface area contributed by atoms with Crippen LogP contribution in [-0.4, -0.2) is 16.0 Å². The van der Waals surface area contributed by atoms with Gasteiger partial charge in [-0.15, -0.1) is 0 Å². The van der Waals surface area contributed by atoms with Crippen LogP contribution in [0.3, 0.4) is 0 Å². The van der Waals surface area contributed by atoms with Gasteiger partial charge in [-0.3, -0.25) is 10.1 Å². The van der Waals surface area contributed by atoms with Crippen molar-refractivity contribution in [1.82, 2.24) is 4.98 Å². The van der Waals surface area contributed by atoms with E-state index in [-0.39, 0.29) is 11.3 Å². The fourth-order valence-corrected chi connectivity index (χ4v) is 3.07. The Morgan fingerprint density at radius 1 is 1.29 bits per heavy atom. The first kappa shape index (κ1) is 13.9. The van der Waals surface area contributed by atoms with Crippen LogP contribution in [0.4, 0.5) is 5.13 Å². The summed E-state index contributed by atoms with van der Waals surface area (Å²) in [5, 5.41) is 13.3. The van der Waals surface area contributed by atoms with E-state index < -0.39 is 5.91 Å². The number of fused-ring (bicyclic) bond motifs is 1. The Bertz CT molecular complexity index is 845. The minimum atomic E-state index is -0.439. The average molecular weight is 319 g/mol. The molecule has 3 rings (SSSR count). The molecule has 0 saturated carbocycles. The third-order valence-corrected chi connectivity index (χ3v) is 4.14. The first-order valence-corrected chi connectivity index (χ1v) is 7.39. The molecule has 0 bridgehead atoms. The van der Waals surface area contributed by atoms with Gasteiger partial charge in [-0.2, -0.15) is 0 Å². The molecule has 2 aromatic carbocycles. The SMILES string of the molecule is Cc1ccc2nc(NC(=O)c3cc(Cl)ccc3O)sc2c1. The lowest BCUT2D eigenvalue weighted by molar-refractivity contribution is 0.102. The fraction of sp³-hybridized carbons (Fsp3) is 0.0667. The number of benzene rings is 2. The molecule has 0 saturated heterocycles. The highest BCUT2D eigenvalue weighted by Gasteiger charge is 2.14. The number of phenolic OH excluding ortho intramolecular Hbond substituents is 1. The molecule has 0 aliphatic heterocycles. The lowest BCUT2D eigenvalue weighted by atomic mass is 10.2. The maximum Gasteiger partial charge on any atom is 0.261 e. The molecule has 1 amide bonds. The molecule has 106 valence electrons. The number of nitrogens with one attached hydrogen (secondary N) is 1. The number of hydrogen-bond donors (Lipinski definition) is 2. The average Bonchev–Trinajstić information content (AvgIpc) is 2.82. The van der Waals surface area contributed by atoms with Crippen molar-refractivity contribution in [3.63, 3.8) is 0 Å². The highest BCUT2D eigenvalue weighted by atomic mass is 35.5. The molecule has 0 aliphatic carbocycles. The van der Waals surface area contributed by atoms with E-state index in [2.05, 4.69) is 10.3 Å². The van der Waals surface area contributed by atoms with E-state index in [0.717, 1.165) is 15.8 Å². The molecule has 0 radical (unpaired) electrons. The van der Waals surface area contributed by atoms with Crippen LogP contribution in [-0.2, 0) is 0 Å². The van der Waals surface area contributed by atoms with Crippen molar-refractivity contribution in [3.8, 4) is 5.75 Å². The second-order valence-corrected chi connectivity index (χ2v) is 6.07. The van der Waals surface area contributed by atoms with Crippen molar-refractivity contribution in [3.05, 3.63) is 52.5 Å². The van der Waals surface area contributed by atoms with E-state index in [1.807, 2.05) is 25.1 Å². The van der Waals surface area contributed by atoms with Crippen molar-refractivity contribution in [1.29, 1.82) is 0 Å². The highest BCUT2D eigenvalue weighted by Crippen LogP contribution is 2.28. The minimum absolute atomic E-state index is 0.117. The number of hydrogen-bond acceptors (Lipinski definition) is 4. The summed E-state index contributed by atoms with van der Waals surface area (Å²) in [7, 11) is 0. The topological polar surface area (TPSA) is 62.2 Å². The van der Waals surface area contributed by atoms with Crippen LogP contribution < -0.4 is 5.32 Å². The van der Waals surface area contributed by atoms with Crippen LogP contribution in [0.5, 0.6) is 5.75 Å². The van der Waals surface area contributed by atoms with Gasteiger partial charge in [0.15, 0.2) is 5.13 Å². The van der Waals surface area contributed by atoms with Gasteiger partial charge in [-0.25, -0.2) is 4.98 Å². The number of aryl methyl sites for hydroxylation is 1. The van der Waals surface area contributed by atoms with Gasteiger partial charge in [0.25, 0.3) is 5.91 Å². The predicted molar refractivity (Wildman–Crippen MR) is 85.4 cm³/mol. The van der Waals surface area contributed by atoms with Crippen molar-refractivity contribution < 1.29 is 9.90 Å². The maximum atomic E-state index is 12.2. The standard InChI is InChI=1S/C15H11ClN2O2S/c1-8-2-4-11-13(6-8)21-15(17-11)18-14(20)10-7-9(16)3-5-12(10)19/h2-7,19H,1H3,(H,17,18,20). The number of halogens is 1. The van der Waals surface area contributed by atoms with Gasteiger partial charge in [-0.1, -0.05) is 29.0 Å². The van der Waals surface area contributed by atoms with Gasteiger partial charge < -0.3 is 5.11 Å². The number of aromatic nitrogens is 1. The molecular formula is C15H11ClN2O2S. The lowest BCUT2D eigenvalue weighted by Crippen LogP contribution is -2.11. The number of amides is 1. The monoisotopic (exact) mass is 318 g/mol. The van der Waals surface area contributed by atoms with E-state index >= 15 is 0 Å². The Hall–Kier alpha value is -2.11. The molecule has 6 heteroatoms. The van der Waals surface area contributed by atoms with E-state index in [9.17, 15) is 9.90 Å². The smallest absolute Gasteiger partial charge is 0.261 e. The predicted octanol–water partition coefficient (Wildman–Crippen LogP) is 4.22. The van der Waals surface area contributed by atoms with E-state index in [1.54, 1.807) is 0 Å². The summed E-state index contributed by atoms with van der Waals surface area (Å²) < 4.78 is 1.00. The van der Waals surface area contributed by atoms with Crippen molar-refractivity contribution in [2.45, 2.75) is 6.92 Å². The Kier molecular flexibility index (Phi) is 3.53. The van der Waals surface area contributed by atoms with Crippen LogP contribution >= 0.6 is 22.9 Å². The van der Waals surface area contributed by atoms with E-state index in [1.165, 1.54) is 29.5 Å². The third-order valence-electron chi connectivity index (χ3n) is 2.97. The number of thiazole rings is 1. The number of carbonyl (C=O) groups excluding carboxylic acids is 1. The van der Waals surface area contributed by atoms with Crippen LogP contribution in [0.1, 0.15) is 15.9 Å². The Morgan fingerprint density at radius 2 is 2.10 bits per heavy atom. The molecule has 0 aliphatic rings. The Morgan fingerprint density at radius 3 is 2.90 bits per heavy atom. The molecule has 1 heterocycles. The molecule has 2 N–H and O–H groups in total. The molecular weight excluding hydrogens is 308 g/mol. The minimum Gasteiger partial charge on any atom is -0.507 e. The zero-order valence-corrected chi connectivity index (χ0v) is 12.6. The van der Waals surface area contributed by atoms with Gasteiger partial charge in [-0.05, 0) is 42.8 Å². The molecule has 21 heavy (non-hydrogen) atoms. The first-order valence-electron chi connectivity index (χ1n) is 6.20. The second kappa shape index (κ2) is 5.35.